The van der Waals surface area contributed by atoms with Gasteiger partial charge in [-0.25, -0.2) is 4.98 Å². The summed E-state index contributed by atoms with van der Waals surface area (Å²) in [4.78, 5) is 37.1. The van der Waals surface area contributed by atoms with E-state index in [0.717, 1.165) is 65.4 Å². The van der Waals surface area contributed by atoms with Crippen molar-refractivity contribution in [2.45, 2.75) is 31.4 Å². The van der Waals surface area contributed by atoms with Crippen molar-refractivity contribution in [2.75, 3.05) is 46.6 Å². The molecule has 0 bridgehead atoms. The van der Waals surface area contributed by atoms with Gasteiger partial charge in [0, 0.05) is 68.0 Å². The maximum Gasteiger partial charge on any atom is 0.228 e. The first kappa shape index (κ1) is 26.5. The second-order valence-corrected chi connectivity index (χ2v) is 11.3. The van der Waals surface area contributed by atoms with Gasteiger partial charge in [-0.15, -0.1) is 0 Å². The van der Waals surface area contributed by atoms with Gasteiger partial charge in [-0.1, -0.05) is 11.6 Å². The Balaban J connectivity index is 1.04. The summed E-state index contributed by atoms with van der Waals surface area (Å²) in [6, 6.07) is 12.0. The number of aliphatic hydroxyl groups excluding tert-OH is 1. The highest BCUT2D eigenvalue weighted by Gasteiger charge is 2.32. The van der Waals surface area contributed by atoms with Crippen molar-refractivity contribution < 1.29 is 14.7 Å². The Kier molecular flexibility index (Phi) is 6.59. The van der Waals surface area contributed by atoms with Crippen LogP contribution in [0.5, 0.6) is 0 Å². The number of amides is 2. The van der Waals surface area contributed by atoms with Crippen LogP contribution in [-0.2, 0) is 23.1 Å². The van der Waals surface area contributed by atoms with Crippen molar-refractivity contribution in [3.05, 3.63) is 58.9 Å². The molecule has 2 aromatic carbocycles. The van der Waals surface area contributed by atoms with Crippen LogP contribution in [0.4, 0.5) is 28.8 Å². The number of piperazine rings is 1. The van der Waals surface area contributed by atoms with Crippen LogP contribution in [0.25, 0.3) is 10.9 Å². The molecule has 3 aliphatic heterocycles. The number of aryl methyl sites for hydroxylation is 1. The van der Waals surface area contributed by atoms with E-state index in [9.17, 15) is 14.7 Å². The lowest BCUT2D eigenvalue weighted by Gasteiger charge is -2.36. The molecule has 12 nitrogen and oxygen atoms in total. The second kappa shape index (κ2) is 10.4. The topological polar surface area (TPSA) is 141 Å². The fourth-order valence-corrected chi connectivity index (χ4v) is 6.16. The molecule has 42 heavy (non-hydrogen) atoms. The van der Waals surface area contributed by atoms with Crippen molar-refractivity contribution >= 4 is 63.1 Å². The van der Waals surface area contributed by atoms with Crippen molar-refractivity contribution in [2.24, 2.45) is 7.05 Å². The Morgan fingerprint density at radius 2 is 1.86 bits per heavy atom. The summed E-state index contributed by atoms with van der Waals surface area (Å²) < 4.78 is 1.85. The third kappa shape index (κ3) is 4.86. The minimum atomic E-state index is -0.931. The second-order valence-electron chi connectivity index (χ2n) is 10.9. The van der Waals surface area contributed by atoms with Crippen LogP contribution in [0.1, 0.15) is 30.0 Å². The number of nitrogens with one attached hydrogen (secondary N) is 3. The molecule has 216 valence electrons. The molecular formula is C29H30ClN9O3. The average molecular weight is 588 g/mol. The van der Waals surface area contributed by atoms with Crippen LogP contribution in [0.3, 0.4) is 0 Å². The SMILES string of the molecule is Cn1nc(C2CCC(=O)NC2O)c2ccc(N3CCN(c4ncc(Cl)c(Nc5ccc6c(c5)CC(=O)N6)n4)CC3)cc21. The van der Waals surface area contributed by atoms with Gasteiger partial charge in [0.25, 0.3) is 0 Å². The van der Waals surface area contributed by atoms with Crippen molar-refractivity contribution in [3.63, 3.8) is 0 Å². The Morgan fingerprint density at radius 1 is 1.05 bits per heavy atom. The number of aliphatic hydroxyl groups is 1. The first-order valence-electron chi connectivity index (χ1n) is 14.0. The molecule has 2 amide bonds. The van der Waals surface area contributed by atoms with E-state index in [1.54, 1.807) is 6.20 Å². The molecule has 2 saturated heterocycles. The highest BCUT2D eigenvalue weighted by atomic mass is 35.5. The Labute approximate surface area is 246 Å². The molecule has 5 heterocycles. The standard InChI is InChI=1S/C29H30ClN9O3/c1-37-23-14-18(3-4-19(23)26(36-37)20-5-7-24(40)34-28(20)42)38-8-10-39(11-9-38)29-31-15-21(30)27(35-29)32-17-2-6-22-16(12-17)13-25(41)33-22/h2-4,6,12,14-15,20,28,42H,5,7-11,13H2,1H3,(H,33,41)(H,34,40)(H,31,32,35). The van der Waals surface area contributed by atoms with E-state index >= 15 is 0 Å². The fraction of sp³-hybridized carbons (Fsp3) is 0.345. The molecule has 4 aromatic rings. The van der Waals surface area contributed by atoms with Gasteiger partial charge in [-0.3, -0.25) is 14.3 Å². The lowest BCUT2D eigenvalue weighted by Crippen LogP contribution is -2.47. The van der Waals surface area contributed by atoms with Gasteiger partial charge in [0.1, 0.15) is 11.3 Å². The summed E-state index contributed by atoms with van der Waals surface area (Å²) in [5.41, 5.74) is 5.46. The van der Waals surface area contributed by atoms with E-state index in [1.807, 2.05) is 29.9 Å². The number of hydrogen-bond donors (Lipinski definition) is 4. The molecule has 0 aliphatic carbocycles. The number of anilines is 5. The van der Waals surface area contributed by atoms with Crippen LogP contribution < -0.4 is 25.8 Å². The number of aromatic nitrogens is 4. The monoisotopic (exact) mass is 587 g/mol. The summed E-state index contributed by atoms with van der Waals surface area (Å²) in [6.07, 6.45) is 1.98. The maximum atomic E-state index is 11.7. The largest absolute Gasteiger partial charge is 0.373 e. The minimum absolute atomic E-state index is 0.00999. The highest BCUT2D eigenvalue weighted by molar-refractivity contribution is 6.32. The molecule has 2 atom stereocenters. The zero-order chi connectivity index (χ0) is 29.0. The number of benzene rings is 2. The van der Waals surface area contributed by atoms with E-state index in [2.05, 4.69) is 48.9 Å². The summed E-state index contributed by atoms with van der Waals surface area (Å²) in [5, 5.41) is 25.3. The molecule has 2 fully saturated rings. The van der Waals surface area contributed by atoms with Crippen molar-refractivity contribution in [3.8, 4) is 0 Å². The predicted molar refractivity (Wildman–Crippen MR) is 160 cm³/mol. The maximum absolute atomic E-state index is 11.7. The van der Waals surface area contributed by atoms with Gasteiger partial charge in [0.15, 0.2) is 5.82 Å². The Bertz CT molecular complexity index is 1720. The number of carbonyl (C=O) groups excluding carboxylic acids is 2. The quantitative estimate of drug-likeness (QED) is 0.277. The normalized spacial score (nSPS) is 20.5. The molecule has 4 N–H and O–H groups in total. The van der Waals surface area contributed by atoms with E-state index in [-0.39, 0.29) is 17.7 Å². The van der Waals surface area contributed by atoms with E-state index < -0.39 is 6.23 Å². The van der Waals surface area contributed by atoms with Crippen molar-refractivity contribution in [1.82, 2.24) is 25.1 Å². The minimum Gasteiger partial charge on any atom is -0.373 e. The lowest BCUT2D eigenvalue weighted by atomic mass is 9.92. The molecule has 0 spiro atoms. The lowest BCUT2D eigenvalue weighted by molar-refractivity contribution is -0.127. The van der Waals surface area contributed by atoms with E-state index in [4.69, 9.17) is 21.7 Å². The molecule has 7 rings (SSSR count). The van der Waals surface area contributed by atoms with Crippen LogP contribution in [0.15, 0.2) is 42.6 Å². The van der Waals surface area contributed by atoms with Gasteiger partial charge in [-0.05, 0) is 48.4 Å². The molecule has 2 aromatic heterocycles. The molecule has 3 aliphatic rings. The first-order valence-corrected chi connectivity index (χ1v) is 14.4. The summed E-state index contributed by atoms with van der Waals surface area (Å²) in [6.45, 7) is 3.03. The number of piperidine rings is 1. The third-order valence-electron chi connectivity index (χ3n) is 8.24. The van der Waals surface area contributed by atoms with Gasteiger partial charge in [0.05, 0.1) is 23.8 Å². The van der Waals surface area contributed by atoms with Crippen LogP contribution in [0.2, 0.25) is 5.02 Å². The number of hydrogen-bond acceptors (Lipinski definition) is 9. The van der Waals surface area contributed by atoms with Crippen LogP contribution in [-0.4, -0.2) is 69.1 Å². The van der Waals surface area contributed by atoms with Crippen molar-refractivity contribution in [1.29, 1.82) is 0 Å². The molecule has 0 saturated carbocycles. The van der Waals surface area contributed by atoms with Crippen LogP contribution in [0, 0.1) is 0 Å². The predicted octanol–water partition coefficient (Wildman–Crippen LogP) is 2.89. The summed E-state index contributed by atoms with van der Waals surface area (Å²) in [7, 11) is 1.91. The number of carbonyl (C=O) groups is 2. The van der Waals surface area contributed by atoms with Crippen LogP contribution >= 0.6 is 11.6 Å². The molecular weight excluding hydrogens is 558 g/mol. The number of halogens is 1. The molecule has 0 radical (unpaired) electrons. The molecule has 13 heteroatoms. The highest BCUT2D eigenvalue weighted by Crippen LogP contribution is 2.34. The third-order valence-corrected chi connectivity index (χ3v) is 8.52. The van der Waals surface area contributed by atoms with E-state index in [0.29, 0.717) is 36.1 Å². The number of rotatable bonds is 5. The Morgan fingerprint density at radius 3 is 2.67 bits per heavy atom. The Hall–Kier alpha value is -4.42. The molecule has 2 unspecified atom stereocenters. The smallest absolute Gasteiger partial charge is 0.228 e. The first-order chi connectivity index (χ1) is 20.3. The van der Waals surface area contributed by atoms with Gasteiger partial charge in [-0.2, -0.15) is 10.1 Å². The fourth-order valence-electron chi connectivity index (χ4n) is 6.02. The zero-order valence-electron chi connectivity index (χ0n) is 23.0. The number of nitrogens with zero attached hydrogens (tertiary/aromatic N) is 6. The average Bonchev–Trinajstić information content (AvgIpc) is 3.52. The van der Waals surface area contributed by atoms with Gasteiger partial charge < -0.3 is 30.9 Å². The van der Waals surface area contributed by atoms with Gasteiger partial charge >= 0.3 is 0 Å². The summed E-state index contributed by atoms with van der Waals surface area (Å²) >= 11 is 6.43. The number of fused-ring (bicyclic) bond motifs is 2. The zero-order valence-corrected chi connectivity index (χ0v) is 23.7. The summed E-state index contributed by atoms with van der Waals surface area (Å²) in [5.74, 6) is 0.742. The van der Waals surface area contributed by atoms with E-state index in [1.165, 1.54) is 0 Å². The van der Waals surface area contributed by atoms with Gasteiger partial charge in [0.2, 0.25) is 17.8 Å².